The second-order valence-corrected chi connectivity index (χ2v) is 7.41. The summed E-state index contributed by atoms with van der Waals surface area (Å²) in [6, 6.07) is 4.33. The number of pyridine rings is 2. The number of nitrogens with zero attached hydrogens (tertiary/aromatic N) is 2. The normalized spacial score (nSPS) is 19.7. The van der Waals surface area contributed by atoms with Crippen molar-refractivity contribution in [3.05, 3.63) is 63.5 Å². The number of cyclic esters (lactones) is 1. The summed E-state index contributed by atoms with van der Waals surface area (Å²) >= 11 is 0. The van der Waals surface area contributed by atoms with Crippen LogP contribution >= 0.6 is 0 Å². The molecule has 8 heteroatoms. The summed E-state index contributed by atoms with van der Waals surface area (Å²) in [7, 11) is 0. The number of fused-ring (bicyclic) bond motifs is 5. The van der Waals surface area contributed by atoms with Gasteiger partial charge in [-0.05, 0) is 31.0 Å². The maximum atomic E-state index is 14.0. The van der Waals surface area contributed by atoms with Gasteiger partial charge in [0, 0.05) is 22.6 Å². The number of rotatable bonds is 1. The van der Waals surface area contributed by atoms with Crippen LogP contribution in [0.5, 0.6) is 0 Å². The highest BCUT2D eigenvalue weighted by molar-refractivity contribution is 5.91. The van der Waals surface area contributed by atoms with Crippen LogP contribution in [0.4, 0.5) is 10.1 Å². The van der Waals surface area contributed by atoms with Crippen molar-refractivity contribution in [2.75, 3.05) is 5.73 Å². The molecule has 1 unspecified atom stereocenters. The molecule has 3 aromatic rings. The summed E-state index contributed by atoms with van der Waals surface area (Å²) in [5, 5.41) is 11.5. The molecule has 0 saturated heterocycles. The second kappa shape index (κ2) is 5.64. The van der Waals surface area contributed by atoms with Gasteiger partial charge in [0.25, 0.3) is 5.56 Å². The van der Waals surface area contributed by atoms with E-state index < -0.39 is 17.4 Å². The van der Waals surface area contributed by atoms with E-state index in [1.165, 1.54) is 16.7 Å². The van der Waals surface area contributed by atoms with Gasteiger partial charge in [-0.15, -0.1) is 0 Å². The Morgan fingerprint density at radius 2 is 2.10 bits per heavy atom. The average molecular weight is 394 g/mol. The number of anilines is 1. The van der Waals surface area contributed by atoms with E-state index in [9.17, 15) is 19.1 Å². The fraction of sp³-hybridized carbons (Fsp3) is 0.238. The first kappa shape index (κ1) is 17.8. The first-order chi connectivity index (χ1) is 13.8. The monoisotopic (exact) mass is 394 g/mol. The predicted octanol–water partition coefficient (Wildman–Crippen LogP) is 1.98. The predicted molar refractivity (Wildman–Crippen MR) is 103 cm³/mol. The number of aliphatic hydroxyl groups is 1. The van der Waals surface area contributed by atoms with Crippen molar-refractivity contribution in [2.24, 2.45) is 0 Å². The second-order valence-electron chi connectivity index (χ2n) is 7.41. The largest absolute Gasteiger partial charge is 0.458 e. The van der Waals surface area contributed by atoms with Crippen molar-refractivity contribution >= 4 is 22.6 Å². The lowest BCUT2D eigenvalue weighted by Crippen LogP contribution is -2.44. The molecule has 5 rings (SSSR count). The quantitative estimate of drug-likeness (QED) is 0.378. The Labute approximate surface area is 164 Å². The minimum Gasteiger partial charge on any atom is -0.458 e. The fourth-order valence-electron chi connectivity index (χ4n) is 4.20. The van der Waals surface area contributed by atoms with Gasteiger partial charge in [-0.1, -0.05) is 6.92 Å². The molecule has 0 fully saturated rings. The van der Waals surface area contributed by atoms with Gasteiger partial charge >= 0.3 is 5.97 Å². The molecule has 147 valence electrons. The third kappa shape index (κ3) is 2.17. The minimum atomic E-state index is -1.89. The van der Waals surface area contributed by atoms with E-state index in [4.69, 9.17) is 10.5 Å². The Bertz CT molecular complexity index is 1310. The van der Waals surface area contributed by atoms with Gasteiger partial charge in [-0.25, -0.2) is 14.2 Å². The standard InChI is InChI=1S/C21H17FN3O4/c1-3-21(28)13-5-17-18-11(7-25(17)19(26)12(13)8-29-20(21)27)9(2)10-4-15(23)14(22)6-16(10)24-18/h4-6,28H,2-3,7-8,23H2,1H3. The van der Waals surface area contributed by atoms with Crippen LogP contribution in [-0.2, 0) is 28.3 Å². The maximum absolute atomic E-state index is 14.0. The molecule has 3 N–H and O–H groups in total. The molecule has 0 saturated carbocycles. The van der Waals surface area contributed by atoms with Crippen molar-refractivity contribution in [2.45, 2.75) is 32.1 Å². The lowest BCUT2D eigenvalue weighted by atomic mass is 9.86. The van der Waals surface area contributed by atoms with E-state index in [1.807, 2.05) is 0 Å². The number of ether oxygens (including phenoxy) is 1. The van der Waals surface area contributed by atoms with E-state index in [-0.39, 0.29) is 41.9 Å². The maximum Gasteiger partial charge on any atom is 0.343 e. The molecule has 29 heavy (non-hydrogen) atoms. The molecule has 2 aliphatic heterocycles. The van der Waals surface area contributed by atoms with Gasteiger partial charge in [0.2, 0.25) is 0 Å². The SMILES string of the molecule is [CH2]c1c2c(nc3cc(F)c(N)cc13)-c1cc3c(c(=O)n1C2)COC(=O)C3(O)CC. The molecule has 2 aromatic heterocycles. The zero-order valence-corrected chi connectivity index (χ0v) is 15.6. The number of halogens is 1. The molecular formula is C21H17FN3O4. The molecule has 0 bridgehead atoms. The number of benzene rings is 1. The molecule has 0 amide bonds. The van der Waals surface area contributed by atoms with Crippen LogP contribution in [0.1, 0.15) is 35.6 Å². The van der Waals surface area contributed by atoms with Crippen LogP contribution in [0.15, 0.2) is 23.0 Å². The van der Waals surface area contributed by atoms with E-state index in [0.29, 0.717) is 27.9 Å². The van der Waals surface area contributed by atoms with Gasteiger partial charge < -0.3 is 20.1 Å². The van der Waals surface area contributed by atoms with Gasteiger partial charge in [-0.2, -0.15) is 0 Å². The van der Waals surface area contributed by atoms with Crippen LogP contribution in [0, 0.1) is 12.7 Å². The topological polar surface area (TPSA) is 107 Å². The Morgan fingerprint density at radius 3 is 2.83 bits per heavy atom. The van der Waals surface area contributed by atoms with Crippen LogP contribution < -0.4 is 11.3 Å². The Balaban J connectivity index is 1.83. The zero-order chi connectivity index (χ0) is 20.7. The van der Waals surface area contributed by atoms with Gasteiger partial charge in [-0.3, -0.25) is 4.79 Å². The van der Waals surface area contributed by atoms with E-state index in [1.54, 1.807) is 13.0 Å². The summed E-state index contributed by atoms with van der Waals surface area (Å²) in [6.07, 6.45) is 0.0603. The number of nitrogens with two attached hydrogens (primary N) is 1. The highest BCUT2D eigenvalue weighted by atomic mass is 19.1. The smallest absolute Gasteiger partial charge is 0.343 e. The first-order valence-electron chi connectivity index (χ1n) is 9.17. The molecule has 0 spiro atoms. The van der Waals surface area contributed by atoms with Gasteiger partial charge in [0.05, 0.1) is 34.7 Å². The molecule has 1 atom stereocenters. The van der Waals surface area contributed by atoms with Crippen molar-refractivity contribution in [1.29, 1.82) is 0 Å². The highest BCUT2D eigenvalue weighted by Gasteiger charge is 2.45. The third-order valence-corrected chi connectivity index (χ3v) is 5.92. The third-order valence-electron chi connectivity index (χ3n) is 5.92. The van der Waals surface area contributed by atoms with E-state index in [0.717, 1.165) is 5.56 Å². The number of hydrogen-bond donors (Lipinski definition) is 2. The zero-order valence-electron chi connectivity index (χ0n) is 15.6. The summed E-state index contributed by atoms with van der Waals surface area (Å²) in [5.41, 5.74) is 6.53. The molecule has 7 nitrogen and oxygen atoms in total. The number of aromatic nitrogens is 2. The van der Waals surface area contributed by atoms with Crippen LogP contribution in [0.2, 0.25) is 0 Å². The van der Waals surface area contributed by atoms with Crippen molar-refractivity contribution < 1.29 is 19.0 Å². The molecule has 2 aliphatic rings. The van der Waals surface area contributed by atoms with E-state index >= 15 is 0 Å². The molecule has 1 aromatic carbocycles. The number of nitrogen functional groups attached to an aromatic ring is 1. The first-order valence-corrected chi connectivity index (χ1v) is 9.17. The van der Waals surface area contributed by atoms with Crippen LogP contribution in [0.3, 0.4) is 0 Å². The Kier molecular flexibility index (Phi) is 3.46. The number of hydrogen-bond acceptors (Lipinski definition) is 6. The fourth-order valence-corrected chi connectivity index (χ4v) is 4.20. The number of esters is 1. The van der Waals surface area contributed by atoms with Gasteiger partial charge in [0.1, 0.15) is 12.4 Å². The molecule has 0 aliphatic carbocycles. The Hall–Kier alpha value is -3.26. The molecule has 4 heterocycles. The minimum absolute atomic E-state index is 0.00374. The van der Waals surface area contributed by atoms with E-state index in [2.05, 4.69) is 11.9 Å². The molecule has 1 radical (unpaired) electrons. The summed E-state index contributed by atoms with van der Waals surface area (Å²) in [6.45, 7) is 5.77. The van der Waals surface area contributed by atoms with Crippen LogP contribution in [-0.4, -0.2) is 20.6 Å². The Morgan fingerprint density at radius 1 is 1.34 bits per heavy atom. The summed E-state index contributed by atoms with van der Waals surface area (Å²) < 4.78 is 20.6. The van der Waals surface area contributed by atoms with Crippen molar-refractivity contribution in [3.8, 4) is 11.4 Å². The summed E-state index contributed by atoms with van der Waals surface area (Å²) in [5.74, 6) is -1.37. The lowest BCUT2D eigenvalue weighted by Gasteiger charge is -2.31. The van der Waals surface area contributed by atoms with Crippen LogP contribution in [0.25, 0.3) is 22.3 Å². The lowest BCUT2D eigenvalue weighted by molar-refractivity contribution is -0.172. The van der Waals surface area contributed by atoms with Crippen molar-refractivity contribution in [3.63, 3.8) is 0 Å². The summed E-state index contributed by atoms with van der Waals surface area (Å²) in [4.78, 5) is 29.9. The molecular weight excluding hydrogens is 377 g/mol. The average Bonchev–Trinajstić information content (AvgIpc) is 3.06. The van der Waals surface area contributed by atoms with Crippen molar-refractivity contribution in [1.82, 2.24) is 9.55 Å². The van der Waals surface area contributed by atoms with Gasteiger partial charge in [0.15, 0.2) is 5.60 Å². The highest BCUT2D eigenvalue weighted by Crippen LogP contribution is 2.40. The number of carbonyl (C=O) groups excluding carboxylic acids is 1. The number of carbonyl (C=O) groups is 1.